The minimum absolute atomic E-state index is 0.0964. The maximum atomic E-state index is 13.1. The fourth-order valence-electron chi connectivity index (χ4n) is 2.58. The van der Waals surface area contributed by atoms with Crippen LogP contribution in [0.2, 0.25) is 0 Å². The largest absolute Gasteiger partial charge is 0.416 e. The molecule has 0 radical (unpaired) electrons. The summed E-state index contributed by atoms with van der Waals surface area (Å²) >= 11 is 0. The second kappa shape index (κ2) is 6.73. The van der Waals surface area contributed by atoms with Crippen molar-refractivity contribution in [2.45, 2.75) is 45.0 Å². The number of hydrogen-bond donors (Lipinski definition) is 0. The van der Waals surface area contributed by atoms with Crippen LogP contribution in [0.5, 0.6) is 0 Å². The lowest BCUT2D eigenvalue weighted by molar-refractivity contribution is -0.138. The minimum atomic E-state index is -4.47. The van der Waals surface area contributed by atoms with Crippen molar-refractivity contribution in [1.29, 1.82) is 0 Å². The van der Waals surface area contributed by atoms with E-state index in [4.69, 9.17) is 0 Å². The van der Waals surface area contributed by atoms with Gasteiger partial charge in [-0.15, -0.1) is 0 Å². The first-order valence-corrected chi connectivity index (χ1v) is 7.79. The molecule has 0 aliphatic carbocycles. The third-order valence-electron chi connectivity index (χ3n) is 4.21. The molecule has 0 aliphatic heterocycles. The summed E-state index contributed by atoms with van der Waals surface area (Å²) in [4.78, 5) is 0. The van der Waals surface area contributed by atoms with Gasteiger partial charge in [0.1, 0.15) is 0 Å². The van der Waals surface area contributed by atoms with Crippen molar-refractivity contribution in [1.82, 2.24) is 0 Å². The Balaban J connectivity index is 2.44. The van der Waals surface area contributed by atoms with E-state index in [9.17, 15) is 26.3 Å². The van der Waals surface area contributed by atoms with E-state index < -0.39 is 29.4 Å². The van der Waals surface area contributed by atoms with Crippen LogP contribution in [0.4, 0.5) is 26.3 Å². The SMILES string of the molecule is CC(C)c1cc([C@H](C)c2ccc(C(F)(F)F)cc2)cc(C(F)(F)F)c1. The second-order valence-corrected chi connectivity index (χ2v) is 6.38. The lowest BCUT2D eigenvalue weighted by Crippen LogP contribution is -2.09. The summed E-state index contributed by atoms with van der Waals surface area (Å²) in [5.41, 5.74) is -0.0216. The van der Waals surface area contributed by atoms with Gasteiger partial charge in [-0.05, 0) is 46.9 Å². The predicted molar refractivity (Wildman–Crippen MR) is 84.5 cm³/mol. The van der Waals surface area contributed by atoms with Gasteiger partial charge in [-0.2, -0.15) is 26.3 Å². The summed E-state index contributed by atoms with van der Waals surface area (Å²) in [6.07, 6.45) is -8.91. The molecule has 0 saturated heterocycles. The van der Waals surface area contributed by atoms with Crippen molar-refractivity contribution in [3.05, 3.63) is 70.3 Å². The molecule has 6 heteroatoms. The summed E-state index contributed by atoms with van der Waals surface area (Å²) < 4.78 is 77.3. The van der Waals surface area contributed by atoms with Gasteiger partial charge in [-0.3, -0.25) is 0 Å². The topological polar surface area (TPSA) is 0 Å². The Hall–Kier alpha value is -1.98. The molecule has 0 N–H and O–H groups in total. The number of hydrogen-bond acceptors (Lipinski definition) is 0. The van der Waals surface area contributed by atoms with Gasteiger partial charge in [0, 0.05) is 5.92 Å². The van der Waals surface area contributed by atoms with E-state index in [1.54, 1.807) is 26.8 Å². The van der Waals surface area contributed by atoms with Crippen LogP contribution in [0.1, 0.15) is 60.4 Å². The van der Waals surface area contributed by atoms with Crippen LogP contribution in [0, 0.1) is 0 Å². The molecule has 0 amide bonds. The Labute approximate surface area is 142 Å². The molecular weight excluding hydrogens is 342 g/mol. The molecule has 136 valence electrons. The van der Waals surface area contributed by atoms with Crippen LogP contribution in [0.25, 0.3) is 0 Å². The van der Waals surface area contributed by atoms with E-state index >= 15 is 0 Å². The van der Waals surface area contributed by atoms with Crippen LogP contribution in [-0.4, -0.2) is 0 Å². The van der Waals surface area contributed by atoms with Gasteiger partial charge < -0.3 is 0 Å². The molecule has 25 heavy (non-hydrogen) atoms. The van der Waals surface area contributed by atoms with E-state index in [0.717, 1.165) is 24.3 Å². The van der Waals surface area contributed by atoms with Crippen LogP contribution >= 0.6 is 0 Å². The quantitative estimate of drug-likeness (QED) is 0.517. The first kappa shape index (κ1) is 19.3. The van der Waals surface area contributed by atoms with Crippen molar-refractivity contribution < 1.29 is 26.3 Å². The highest BCUT2D eigenvalue weighted by atomic mass is 19.4. The molecule has 0 nitrogen and oxygen atoms in total. The van der Waals surface area contributed by atoms with Gasteiger partial charge in [-0.1, -0.05) is 39.0 Å². The zero-order valence-electron chi connectivity index (χ0n) is 14.0. The average Bonchev–Trinajstić information content (AvgIpc) is 2.52. The zero-order chi connectivity index (χ0) is 19.0. The summed E-state index contributed by atoms with van der Waals surface area (Å²) in [5.74, 6) is -0.553. The highest BCUT2D eigenvalue weighted by Gasteiger charge is 2.32. The number of alkyl halides is 6. The van der Waals surface area contributed by atoms with Crippen molar-refractivity contribution in [2.75, 3.05) is 0 Å². The molecule has 2 rings (SSSR count). The molecule has 0 aliphatic rings. The Morgan fingerprint density at radius 3 is 1.52 bits per heavy atom. The highest BCUT2D eigenvalue weighted by molar-refractivity contribution is 5.40. The molecule has 0 spiro atoms. The zero-order valence-corrected chi connectivity index (χ0v) is 14.0. The Kier molecular flexibility index (Phi) is 5.21. The summed E-state index contributed by atoms with van der Waals surface area (Å²) in [6.45, 7) is 5.27. The van der Waals surface area contributed by atoms with Crippen LogP contribution < -0.4 is 0 Å². The highest BCUT2D eigenvalue weighted by Crippen LogP contribution is 2.36. The molecule has 1 atom stereocenters. The van der Waals surface area contributed by atoms with Crippen molar-refractivity contribution in [3.8, 4) is 0 Å². The number of benzene rings is 2. The molecule has 2 aromatic carbocycles. The Bertz CT molecular complexity index is 723. The van der Waals surface area contributed by atoms with Crippen LogP contribution in [-0.2, 0) is 12.4 Å². The maximum Gasteiger partial charge on any atom is 0.416 e. The molecule has 0 unspecified atom stereocenters. The van der Waals surface area contributed by atoms with E-state index in [-0.39, 0.29) is 5.92 Å². The summed E-state index contributed by atoms with van der Waals surface area (Å²) in [5, 5.41) is 0. The van der Waals surface area contributed by atoms with Gasteiger partial charge >= 0.3 is 12.4 Å². The lowest BCUT2D eigenvalue weighted by atomic mass is 9.88. The van der Waals surface area contributed by atoms with Crippen LogP contribution in [0.15, 0.2) is 42.5 Å². The van der Waals surface area contributed by atoms with Gasteiger partial charge in [0.15, 0.2) is 0 Å². The van der Waals surface area contributed by atoms with Gasteiger partial charge in [0.25, 0.3) is 0 Å². The van der Waals surface area contributed by atoms with E-state index in [1.807, 2.05) is 0 Å². The fourth-order valence-corrected chi connectivity index (χ4v) is 2.58. The van der Waals surface area contributed by atoms with Crippen molar-refractivity contribution in [2.24, 2.45) is 0 Å². The summed E-state index contributed by atoms with van der Waals surface area (Å²) in [7, 11) is 0. The van der Waals surface area contributed by atoms with Gasteiger partial charge in [0.05, 0.1) is 11.1 Å². The monoisotopic (exact) mass is 360 g/mol. The molecule has 0 saturated carbocycles. The predicted octanol–water partition coefficient (Wildman–Crippen LogP) is 7.00. The van der Waals surface area contributed by atoms with Gasteiger partial charge in [0.2, 0.25) is 0 Å². The maximum absolute atomic E-state index is 13.1. The fraction of sp³-hybridized carbons (Fsp3) is 0.368. The van der Waals surface area contributed by atoms with E-state index in [2.05, 4.69) is 0 Å². The normalized spacial score (nSPS) is 14.0. The number of halogens is 6. The minimum Gasteiger partial charge on any atom is -0.166 e. The molecule has 0 bridgehead atoms. The second-order valence-electron chi connectivity index (χ2n) is 6.38. The third-order valence-corrected chi connectivity index (χ3v) is 4.21. The first-order valence-electron chi connectivity index (χ1n) is 7.79. The van der Waals surface area contributed by atoms with E-state index in [0.29, 0.717) is 16.7 Å². The standard InChI is InChI=1S/C19H18F6/c1-11(2)14-8-15(10-17(9-14)19(23,24)25)12(3)13-4-6-16(7-5-13)18(20,21)22/h4-12H,1-3H3/t12-/m1/s1. The summed E-state index contributed by atoms with van der Waals surface area (Å²) in [6, 6.07) is 8.38. The Morgan fingerprint density at radius 1 is 0.600 bits per heavy atom. The molecular formula is C19H18F6. The van der Waals surface area contributed by atoms with E-state index in [1.165, 1.54) is 12.1 Å². The van der Waals surface area contributed by atoms with Crippen molar-refractivity contribution >= 4 is 0 Å². The van der Waals surface area contributed by atoms with Gasteiger partial charge in [-0.25, -0.2) is 0 Å². The molecule has 0 aromatic heterocycles. The number of rotatable bonds is 3. The third kappa shape index (κ3) is 4.55. The molecule has 0 heterocycles. The first-order chi connectivity index (χ1) is 11.4. The Morgan fingerprint density at radius 2 is 1.08 bits per heavy atom. The molecule has 0 fully saturated rings. The average molecular weight is 360 g/mol. The smallest absolute Gasteiger partial charge is 0.166 e. The van der Waals surface area contributed by atoms with Crippen LogP contribution in [0.3, 0.4) is 0 Å². The van der Waals surface area contributed by atoms with Crippen molar-refractivity contribution in [3.63, 3.8) is 0 Å². The lowest BCUT2D eigenvalue weighted by Gasteiger charge is -2.19. The molecule has 2 aromatic rings.